The van der Waals surface area contributed by atoms with Crippen molar-refractivity contribution < 1.29 is 9.47 Å². The van der Waals surface area contributed by atoms with E-state index in [-0.39, 0.29) is 0 Å². The Bertz CT molecular complexity index is 778. The average Bonchev–Trinajstić information content (AvgIpc) is 2.71. The number of anilines is 2. The fraction of sp³-hybridized carbons (Fsp3) is 0.524. The first-order valence-electron chi connectivity index (χ1n) is 9.77. The molecule has 2 N–H and O–H groups in total. The van der Waals surface area contributed by atoms with Gasteiger partial charge in [-0.15, -0.1) is 0 Å². The van der Waals surface area contributed by atoms with E-state index in [0.29, 0.717) is 12.0 Å². The molecule has 2 aromatic rings. The third-order valence-electron chi connectivity index (χ3n) is 5.40. The average molecular weight is 386 g/mol. The molecule has 3 rings (SSSR count). The van der Waals surface area contributed by atoms with Gasteiger partial charge in [-0.05, 0) is 50.9 Å². The largest absolute Gasteiger partial charge is 0.493 e. The van der Waals surface area contributed by atoms with Crippen LogP contribution in [0.25, 0.3) is 0 Å². The van der Waals surface area contributed by atoms with Crippen molar-refractivity contribution in [1.82, 2.24) is 14.9 Å². The molecule has 1 aliphatic heterocycles. The van der Waals surface area contributed by atoms with Crippen LogP contribution in [0.2, 0.25) is 0 Å². The lowest BCUT2D eigenvalue weighted by Crippen LogP contribution is -2.47. The van der Waals surface area contributed by atoms with Crippen molar-refractivity contribution in [2.75, 3.05) is 51.5 Å². The number of hydrogen-bond acceptors (Lipinski definition) is 7. The maximum absolute atomic E-state index is 5.84. The molecule has 1 aromatic heterocycles. The molecule has 1 aliphatic rings. The number of ether oxygens (including phenoxy) is 2. The molecule has 0 unspecified atom stereocenters. The summed E-state index contributed by atoms with van der Waals surface area (Å²) in [6.07, 6.45) is 3.31. The molecule has 2 heterocycles. The predicted molar refractivity (Wildman–Crippen MR) is 112 cm³/mol. The molecular weight excluding hydrogens is 354 g/mol. The highest BCUT2D eigenvalue weighted by molar-refractivity contribution is 5.44. The lowest BCUT2D eigenvalue weighted by molar-refractivity contribution is 0.217. The molecule has 7 heteroatoms. The predicted octanol–water partition coefficient (Wildman–Crippen LogP) is 2.53. The third-order valence-corrected chi connectivity index (χ3v) is 5.40. The Balaban J connectivity index is 1.60. The minimum Gasteiger partial charge on any atom is -0.493 e. The molecule has 1 atom stereocenters. The van der Waals surface area contributed by atoms with Gasteiger partial charge in [0, 0.05) is 37.4 Å². The number of methoxy groups -OCH3 is 2. The van der Waals surface area contributed by atoms with Gasteiger partial charge in [-0.1, -0.05) is 6.07 Å². The highest BCUT2D eigenvalue weighted by Gasteiger charge is 2.24. The SMILES string of the molecule is COc1ccc(CCN(C)[C@@H]2CCCN(c3cc(C)nc(N)n3)C2)cc1OC. The fourth-order valence-corrected chi connectivity index (χ4v) is 3.78. The van der Waals surface area contributed by atoms with Crippen LogP contribution in [0.1, 0.15) is 24.1 Å². The summed E-state index contributed by atoms with van der Waals surface area (Å²) >= 11 is 0. The van der Waals surface area contributed by atoms with Gasteiger partial charge in [0.25, 0.3) is 0 Å². The zero-order valence-corrected chi connectivity index (χ0v) is 17.3. The van der Waals surface area contributed by atoms with Gasteiger partial charge in [0.1, 0.15) is 5.82 Å². The first kappa shape index (κ1) is 20.2. The van der Waals surface area contributed by atoms with Gasteiger partial charge in [0.2, 0.25) is 5.95 Å². The van der Waals surface area contributed by atoms with E-state index in [1.807, 2.05) is 19.1 Å². The number of nitrogens with zero attached hydrogens (tertiary/aromatic N) is 4. The molecule has 1 saturated heterocycles. The van der Waals surface area contributed by atoms with Crippen molar-refractivity contribution in [1.29, 1.82) is 0 Å². The maximum Gasteiger partial charge on any atom is 0.222 e. The van der Waals surface area contributed by atoms with Gasteiger partial charge in [-0.3, -0.25) is 0 Å². The molecule has 1 fully saturated rings. The number of rotatable bonds is 7. The number of aromatic nitrogens is 2. The normalized spacial score (nSPS) is 17.0. The van der Waals surface area contributed by atoms with Crippen molar-refractivity contribution >= 4 is 11.8 Å². The van der Waals surface area contributed by atoms with E-state index in [0.717, 1.165) is 55.5 Å². The van der Waals surface area contributed by atoms with Crippen LogP contribution in [0.3, 0.4) is 0 Å². The van der Waals surface area contributed by atoms with Gasteiger partial charge in [-0.25, -0.2) is 4.98 Å². The molecule has 152 valence electrons. The molecule has 28 heavy (non-hydrogen) atoms. The summed E-state index contributed by atoms with van der Waals surface area (Å²) in [5, 5.41) is 0. The van der Waals surface area contributed by atoms with Crippen molar-refractivity contribution in [3.8, 4) is 11.5 Å². The highest BCUT2D eigenvalue weighted by Crippen LogP contribution is 2.28. The molecule has 0 spiro atoms. The van der Waals surface area contributed by atoms with E-state index in [1.165, 1.54) is 12.0 Å². The Hall–Kier alpha value is -2.54. The van der Waals surface area contributed by atoms with E-state index in [2.05, 4.69) is 38.9 Å². The smallest absolute Gasteiger partial charge is 0.222 e. The van der Waals surface area contributed by atoms with E-state index < -0.39 is 0 Å². The van der Waals surface area contributed by atoms with Crippen LogP contribution in [-0.2, 0) is 6.42 Å². The Kier molecular flexibility index (Phi) is 6.57. The zero-order valence-electron chi connectivity index (χ0n) is 17.3. The minimum atomic E-state index is 0.346. The van der Waals surface area contributed by atoms with Crippen molar-refractivity contribution in [2.45, 2.75) is 32.2 Å². The zero-order chi connectivity index (χ0) is 20.1. The van der Waals surface area contributed by atoms with E-state index in [9.17, 15) is 0 Å². The highest BCUT2D eigenvalue weighted by atomic mass is 16.5. The summed E-state index contributed by atoms with van der Waals surface area (Å²) in [7, 11) is 5.54. The molecule has 0 bridgehead atoms. The molecular formula is C21H31N5O2. The van der Waals surface area contributed by atoms with Crippen LogP contribution in [0, 0.1) is 6.92 Å². The number of nitrogens with two attached hydrogens (primary N) is 1. The number of aryl methyl sites for hydroxylation is 1. The number of benzene rings is 1. The second kappa shape index (κ2) is 9.10. The van der Waals surface area contributed by atoms with Crippen LogP contribution in [0.4, 0.5) is 11.8 Å². The number of hydrogen-bond donors (Lipinski definition) is 1. The topological polar surface area (TPSA) is 76.7 Å². The standard InChI is InChI=1S/C21H31N5O2/c1-15-12-20(24-21(22)23-15)26-10-5-6-17(14-26)25(2)11-9-16-7-8-18(27-3)19(13-16)28-4/h7-8,12-13,17H,5-6,9-11,14H2,1-4H3,(H2,22,23,24)/t17-/m1/s1. The Morgan fingerprint density at radius 2 is 1.96 bits per heavy atom. The summed E-state index contributed by atoms with van der Waals surface area (Å²) < 4.78 is 10.7. The number of piperidine rings is 1. The molecule has 7 nitrogen and oxygen atoms in total. The minimum absolute atomic E-state index is 0.346. The monoisotopic (exact) mass is 385 g/mol. The summed E-state index contributed by atoms with van der Waals surface area (Å²) in [4.78, 5) is 13.4. The lowest BCUT2D eigenvalue weighted by Gasteiger charge is -2.38. The van der Waals surface area contributed by atoms with Gasteiger partial charge < -0.3 is 25.0 Å². The second-order valence-electron chi connectivity index (χ2n) is 7.39. The van der Waals surface area contributed by atoms with Gasteiger partial charge >= 0.3 is 0 Å². The maximum atomic E-state index is 5.84. The Labute approximate surface area is 167 Å². The Morgan fingerprint density at radius 1 is 1.18 bits per heavy atom. The quantitative estimate of drug-likeness (QED) is 0.785. The fourth-order valence-electron chi connectivity index (χ4n) is 3.78. The lowest BCUT2D eigenvalue weighted by atomic mass is 10.0. The van der Waals surface area contributed by atoms with Crippen molar-refractivity contribution in [3.05, 3.63) is 35.5 Å². The van der Waals surface area contributed by atoms with Gasteiger partial charge in [0.05, 0.1) is 14.2 Å². The van der Waals surface area contributed by atoms with Crippen LogP contribution < -0.4 is 20.1 Å². The Morgan fingerprint density at radius 3 is 2.68 bits per heavy atom. The van der Waals surface area contributed by atoms with Crippen LogP contribution in [0.5, 0.6) is 11.5 Å². The molecule has 0 saturated carbocycles. The molecule has 1 aromatic carbocycles. The number of nitrogen functional groups attached to an aromatic ring is 1. The second-order valence-corrected chi connectivity index (χ2v) is 7.39. The summed E-state index contributed by atoms with van der Waals surface area (Å²) in [6.45, 7) is 4.91. The first-order valence-corrected chi connectivity index (χ1v) is 9.77. The number of likely N-dealkylation sites (N-methyl/N-ethyl adjacent to an activating group) is 1. The van der Waals surface area contributed by atoms with Crippen LogP contribution >= 0.6 is 0 Å². The third kappa shape index (κ3) is 4.84. The van der Waals surface area contributed by atoms with E-state index >= 15 is 0 Å². The molecule has 0 amide bonds. The summed E-state index contributed by atoms with van der Waals surface area (Å²) in [6, 6.07) is 8.65. The first-order chi connectivity index (χ1) is 13.5. The van der Waals surface area contributed by atoms with E-state index in [1.54, 1.807) is 14.2 Å². The summed E-state index contributed by atoms with van der Waals surface area (Å²) in [5.41, 5.74) is 7.99. The van der Waals surface area contributed by atoms with Crippen molar-refractivity contribution in [2.24, 2.45) is 0 Å². The summed E-state index contributed by atoms with van der Waals surface area (Å²) in [5.74, 6) is 2.83. The van der Waals surface area contributed by atoms with Crippen molar-refractivity contribution in [3.63, 3.8) is 0 Å². The molecule has 0 radical (unpaired) electrons. The van der Waals surface area contributed by atoms with Crippen LogP contribution in [-0.4, -0.2) is 61.8 Å². The molecule has 0 aliphatic carbocycles. The van der Waals surface area contributed by atoms with Gasteiger partial charge in [0.15, 0.2) is 11.5 Å². The van der Waals surface area contributed by atoms with E-state index in [4.69, 9.17) is 15.2 Å². The van der Waals surface area contributed by atoms with Crippen LogP contribution in [0.15, 0.2) is 24.3 Å². The van der Waals surface area contributed by atoms with Gasteiger partial charge in [-0.2, -0.15) is 4.98 Å².